The zero-order chi connectivity index (χ0) is 23.0. The number of carbonyl (C=O) groups excluding carboxylic acids is 2. The summed E-state index contributed by atoms with van der Waals surface area (Å²) in [6.07, 6.45) is 1.65. The topological polar surface area (TPSA) is 79.7 Å². The number of benzene rings is 1. The summed E-state index contributed by atoms with van der Waals surface area (Å²) >= 11 is 1.45. The Kier molecular flexibility index (Phi) is 5.84. The predicted molar refractivity (Wildman–Crippen MR) is 124 cm³/mol. The number of aliphatic hydroxyl groups is 1. The van der Waals surface area contributed by atoms with Gasteiger partial charge >= 0.3 is 0 Å². The van der Waals surface area contributed by atoms with Crippen molar-refractivity contribution in [2.75, 3.05) is 7.11 Å². The molecule has 164 valence electrons. The fraction of sp³-hybridized carbons (Fsp3) is 0.240. The van der Waals surface area contributed by atoms with Crippen molar-refractivity contribution in [2.45, 2.75) is 33.4 Å². The van der Waals surface area contributed by atoms with Crippen LogP contribution in [-0.2, 0) is 16.1 Å². The second kappa shape index (κ2) is 8.59. The van der Waals surface area contributed by atoms with Gasteiger partial charge in [0.15, 0.2) is 0 Å². The third-order valence-corrected chi connectivity index (χ3v) is 6.70. The lowest BCUT2D eigenvalue weighted by Gasteiger charge is -2.25. The fourth-order valence-electron chi connectivity index (χ4n) is 4.19. The summed E-state index contributed by atoms with van der Waals surface area (Å²) < 4.78 is 5.53. The Balaban J connectivity index is 1.93. The smallest absolute Gasteiger partial charge is 0.296 e. The average molecular weight is 449 g/mol. The second-order valence-electron chi connectivity index (χ2n) is 7.88. The molecule has 1 aliphatic rings. The normalized spacial score (nSPS) is 17.8. The summed E-state index contributed by atoms with van der Waals surface area (Å²) in [5.74, 6) is -1.12. The Hall–Kier alpha value is -3.45. The maximum atomic E-state index is 13.2. The number of methoxy groups -OCH3 is 1. The van der Waals surface area contributed by atoms with Gasteiger partial charge < -0.3 is 14.7 Å². The van der Waals surface area contributed by atoms with E-state index in [1.807, 2.05) is 50.4 Å². The van der Waals surface area contributed by atoms with E-state index in [0.717, 1.165) is 21.6 Å². The molecule has 0 bridgehead atoms. The number of likely N-dealkylation sites (tertiary alicyclic amines) is 1. The van der Waals surface area contributed by atoms with Crippen molar-refractivity contribution in [3.63, 3.8) is 0 Å². The molecule has 0 saturated carbocycles. The molecular formula is C25H24N2O4S. The largest absolute Gasteiger partial charge is 0.507 e. The highest BCUT2D eigenvalue weighted by molar-refractivity contribution is 7.10. The summed E-state index contributed by atoms with van der Waals surface area (Å²) in [6.45, 7) is 5.88. The summed E-state index contributed by atoms with van der Waals surface area (Å²) in [5.41, 5.74) is 3.83. The van der Waals surface area contributed by atoms with E-state index in [1.165, 1.54) is 23.3 Å². The third kappa shape index (κ3) is 3.69. The number of pyridine rings is 1. The molecule has 1 fully saturated rings. The van der Waals surface area contributed by atoms with Crippen molar-refractivity contribution in [1.29, 1.82) is 0 Å². The molecule has 0 radical (unpaired) electrons. The number of rotatable bonds is 5. The molecule has 1 saturated heterocycles. The highest BCUT2D eigenvalue weighted by atomic mass is 32.1. The lowest BCUT2D eigenvalue weighted by atomic mass is 9.96. The van der Waals surface area contributed by atoms with Crippen molar-refractivity contribution in [2.24, 2.45) is 0 Å². The van der Waals surface area contributed by atoms with Crippen LogP contribution in [0.4, 0.5) is 0 Å². The molecule has 3 heterocycles. The molecule has 32 heavy (non-hydrogen) atoms. The van der Waals surface area contributed by atoms with Crippen molar-refractivity contribution < 1.29 is 19.4 Å². The molecule has 1 N–H and O–H groups in total. The molecule has 1 aliphatic heterocycles. The van der Waals surface area contributed by atoms with Crippen LogP contribution in [0.5, 0.6) is 5.75 Å². The molecule has 6 nitrogen and oxygen atoms in total. The summed E-state index contributed by atoms with van der Waals surface area (Å²) in [4.78, 5) is 33.0. The molecule has 1 amide bonds. The van der Waals surface area contributed by atoms with Crippen LogP contribution in [0, 0.1) is 20.8 Å². The first kappa shape index (κ1) is 21.8. The summed E-state index contributed by atoms with van der Waals surface area (Å²) in [6, 6.07) is 10.4. The SMILES string of the molecule is COc1c(C)cc(C)cc1/C(O)=C1\C(=O)C(=O)N(Cc2ccccn2)C1c1sccc1C. The van der Waals surface area contributed by atoms with Crippen LogP contribution in [0.2, 0.25) is 0 Å². The first-order valence-electron chi connectivity index (χ1n) is 10.2. The van der Waals surface area contributed by atoms with E-state index in [1.54, 1.807) is 18.3 Å². The predicted octanol–water partition coefficient (Wildman–Crippen LogP) is 4.70. The lowest BCUT2D eigenvalue weighted by Crippen LogP contribution is -2.29. The molecule has 1 atom stereocenters. The number of amides is 1. The van der Waals surface area contributed by atoms with Crippen LogP contribution < -0.4 is 4.74 Å². The van der Waals surface area contributed by atoms with E-state index in [4.69, 9.17) is 4.74 Å². The van der Waals surface area contributed by atoms with E-state index in [0.29, 0.717) is 17.0 Å². The van der Waals surface area contributed by atoms with E-state index >= 15 is 0 Å². The number of Topliss-reactive ketones (excluding diaryl/α,β-unsaturated/α-hetero) is 1. The molecule has 1 aromatic carbocycles. The number of ether oxygens (including phenoxy) is 1. The molecule has 1 unspecified atom stereocenters. The third-order valence-electron chi connectivity index (χ3n) is 5.63. The van der Waals surface area contributed by atoms with Crippen molar-refractivity contribution in [1.82, 2.24) is 9.88 Å². The fourth-order valence-corrected chi connectivity index (χ4v) is 5.24. The quantitative estimate of drug-likeness (QED) is 0.348. The van der Waals surface area contributed by atoms with E-state index in [-0.39, 0.29) is 17.9 Å². The number of nitrogens with zero attached hydrogens (tertiary/aromatic N) is 2. The maximum absolute atomic E-state index is 13.2. The molecule has 4 rings (SSSR count). The average Bonchev–Trinajstić information content (AvgIpc) is 3.29. The van der Waals surface area contributed by atoms with Crippen LogP contribution in [0.25, 0.3) is 5.76 Å². The molecule has 3 aromatic rings. The van der Waals surface area contributed by atoms with Crippen LogP contribution in [0.1, 0.15) is 38.9 Å². The van der Waals surface area contributed by atoms with Crippen LogP contribution in [0.3, 0.4) is 0 Å². The standard InChI is InChI=1S/C25H24N2O4S/c1-14-11-16(3)23(31-4)18(12-14)21(28)19-20(24-15(2)8-10-32-24)27(25(30)22(19)29)13-17-7-5-6-9-26-17/h5-12,20,28H,13H2,1-4H3/b21-19+. The number of aryl methyl sites for hydroxylation is 3. The van der Waals surface area contributed by atoms with Gasteiger partial charge in [-0.05, 0) is 67.1 Å². The van der Waals surface area contributed by atoms with Gasteiger partial charge in [-0.15, -0.1) is 11.3 Å². The molecular weight excluding hydrogens is 424 g/mol. The first-order chi connectivity index (χ1) is 15.3. The van der Waals surface area contributed by atoms with Gasteiger partial charge in [-0.2, -0.15) is 0 Å². The van der Waals surface area contributed by atoms with Gasteiger partial charge in [-0.1, -0.05) is 12.1 Å². The number of hydrogen-bond acceptors (Lipinski definition) is 6. The van der Waals surface area contributed by atoms with E-state index in [2.05, 4.69) is 4.98 Å². The van der Waals surface area contributed by atoms with Gasteiger partial charge in [0.25, 0.3) is 11.7 Å². The Morgan fingerprint density at radius 3 is 2.56 bits per heavy atom. The summed E-state index contributed by atoms with van der Waals surface area (Å²) in [7, 11) is 1.52. The minimum absolute atomic E-state index is 0.0692. The van der Waals surface area contributed by atoms with E-state index < -0.39 is 17.7 Å². The minimum Gasteiger partial charge on any atom is -0.507 e. The number of aliphatic hydroxyl groups excluding tert-OH is 1. The van der Waals surface area contributed by atoms with Crippen LogP contribution in [0.15, 0.2) is 53.5 Å². The van der Waals surface area contributed by atoms with Gasteiger partial charge in [-0.25, -0.2) is 0 Å². The minimum atomic E-state index is -0.711. The highest BCUT2D eigenvalue weighted by Crippen LogP contribution is 2.44. The Bertz CT molecular complexity index is 1230. The monoisotopic (exact) mass is 448 g/mol. The molecule has 0 spiro atoms. The van der Waals surface area contributed by atoms with Gasteiger partial charge in [-0.3, -0.25) is 14.6 Å². The number of ketones is 1. The Labute approximate surface area is 190 Å². The Morgan fingerprint density at radius 1 is 1.16 bits per heavy atom. The lowest BCUT2D eigenvalue weighted by molar-refractivity contribution is -0.140. The van der Waals surface area contributed by atoms with Crippen molar-refractivity contribution in [3.05, 3.63) is 86.4 Å². The first-order valence-corrected chi connectivity index (χ1v) is 11.1. The van der Waals surface area contributed by atoms with Crippen LogP contribution in [-0.4, -0.2) is 33.8 Å². The van der Waals surface area contributed by atoms with Gasteiger partial charge in [0, 0.05) is 11.1 Å². The van der Waals surface area contributed by atoms with Crippen molar-refractivity contribution >= 4 is 28.8 Å². The zero-order valence-electron chi connectivity index (χ0n) is 18.4. The molecule has 0 aliphatic carbocycles. The maximum Gasteiger partial charge on any atom is 0.296 e. The van der Waals surface area contributed by atoms with E-state index in [9.17, 15) is 14.7 Å². The number of hydrogen-bond donors (Lipinski definition) is 1. The molecule has 2 aromatic heterocycles. The highest BCUT2D eigenvalue weighted by Gasteiger charge is 2.47. The number of carbonyl (C=O) groups is 2. The summed E-state index contributed by atoms with van der Waals surface area (Å²) in [5, 5.41) is 13.3. The van der Waals surface area contributed by atoms with Crippen molar-refractivity contribution in [3.8, 4) is 5.75 Å². The molecule has 7 heteroatoms. The van der Waals surface area contributed by atoms with Gasteiger partial charge in [0.1, 0.15) is 17.6 Å². The van der Waals surface area contributed by atoms with Gasteiger partial charge in [0.2, 0.25) is 0 Å². The van der Waals surface area contributed by atoms with Gasteiger partial charge in [0.05, 0.1) is 30.5 Å². The second-order valence-corrected chi connectivity index (χ2v) is 8.83. The van der Waals surface area contributed by atoms with Crippen LogP contribution >= 0.6 is 11.3 Å². The number of aromatic nitrogens is 1. The Morgan fingerprint density at radius 2 is 1.94 bits per heavy atom. The zero-order valence-corrected chi connectivity index (χ0v) is 19.2. The number of thiophene rings is 1.